The molecule has 1 aliphatic rings. The standard InChI is InChI=1S/C32H29N5O4S2/c1-4-16-41-23-9-7-8-22(17-23)27-25(28(38)26-20(3)33-24-10-5-6-15-36(24)26)29(39)30(40)37(27)31-34-35-32(43-31)42-18-21-13-11-19(2)12-14-21/h5-15,17,27,38H,4,16,18H2,1-3H3/b28-25+. The van der Waals surface area contributed by atoms with Gasteiger partial charge in [-0.3, -0.25) is 18.9 Å². The molecule has 1 aliphatic heterocycles. The van der Waals surface area contributed by atoms with Crippen LogP contribution in [0.15, 0.2) is 82.8 Å². The van der Waals surface area contributed by atoms with Gasteiger partial charge in [-0.1, -0.05) is 78.1 Å². The van der Waals surface area contributed by atoms with E-state index < -0.39 is 17.7 Å². The third kappa shape index (κ3) is 5.53. The van der Waals surface area contributed by atoms with Crippen molar-refractivity contribution in [3.05, 3.63) is 107 Å². The molecule has 4 heterocycles. The predicted molar refractivity (Wildman–Crippen MR) is 168 cm³/mol. The van der Waals surface area contributed by atoms with E-state index in [2.05, 4.69) is 39.4 Å². The Hall–Kier alpha value is -4.48. The molecule has 0 saturated carbocycles. The molecule has 218 valence electrons. The van der Waals surface area contributed by atoms with Crippen molar-refractivity contribution in [3.63, 3.8) is 0 Å². The Labute approximate surface area is 256 Å². The van der Waals surface area contributed by atoms with Gasteiger partial charge in [0.1, 0.15) is 17.1 Å². The molecule has 2 aromatic carbocycles. The van der Waals surface area contributed by atoms with E-state index in [0.717, 1.165) is 12.0 Å². The fourth-order valence-electron chi connectivity index (χ4n) is 5.05. The molecule has 1 fully saturated rings. The van der Waals surface area contributed by atoms with E-state index in [1.807, 2.05) is 50.2 Å². The van der Waals surface area contributed by atoms with Crippen LogP contribution in [-0.4, -0.2) is 43.0 Å². The Morgan fingerprint density at radius 1 is 1.05 bits per heavy atom. The Morgan fingerprint density at radius 2 is 1.86 bits per heavy atom. The zero-order valence-corrected chi connectivity index (χ0v) is 25.5. The summed E-state index contributed by atoms with van der Waals surface area (Å²) in [7, 11) is 0. The van der Waals surface area contributed by atoms with Gasteiger partial charge in [-0.05, 0) is 55.7 Å². The molecular weight excluding hydrogens is 583 g/mol. The van der Waals surface area contributed by atoms with E-state index in [1.54, 1.807) is 23.6 Å². The zero-order valence-electron chi connectivity index (χ0n) is 23.9. The highest BCUT2D eigenvalue weighted by molar-refractivity contribution is 8.00. The smallest absolute Gasteiger partial charge is 0.301 e. The minimum Gasteiger partial charge on any atom is -0.505 e. The molecule has 1 N–H and O–H groups in total. The SMILES string of the molecule is CCCOc1cccc(C2/C(=C(\O)c3c(C)nc4ccccn34)C(=O)C(=O)N2c2nnc(SCc3ccc(C)cc3)s2)c1. The first-order valence-electron chi connectivity index (χ1n) is 13.9. The lowest BCUT2D eigenvalue weighted by Gasteiger charge is -2.23. The van der Waals surface area contributed by atoms with Crippen LogP contribution in [0.4, 0.5) is 5.13 Å². The van der Waals surface area contributed by atoms with Gasteiger partial charge in [-0.2, -0.15) is 0 Å². The molecule has 6 rings (SSSR count). The Bertz CT molecular complexity index is 1860. The van der Waals surface area contributed by atoms with Crippen LogP contribution in [0.2, 0.25) is 0 Å². The van der Waals surface area contributed by atoms with Gasteiger partial charge < -0.3 is 9.84 Å². The molecule has 1 atom stereocenters. The minimum absolute atomic E-state index is 0.0459. The van der Waals surface area contributed by atoms with E-state index in [-0.39, 0.29) is 16.5 Å². The van der Waals surface area contributed by atoms with Crippen LogP contribution in [0.3, 0.4) is 0 Å². The van der Waals surface area contributed by atoms with E-state index >= 15 is 0 Å². The van der Waals surface area contributed by atoms with Crippen LogP contribution >= 0.6 is 23.1 Å². The van der Waals surface area contributed by atoms with Crippen molar-refractivity contribution in [1.82, 2.24) is 19.6 Å². The number of hydrogen-bond acceptors (Lipinski definition) is 9. The molecule has 0 spiro atoms. The van der Waals surface area contributed by atoms with Crippen molar-refractivity contribution < 1.29 is 19.4 Å². The lowest BCUT2D eigenvalue weighted by Crippen LogP contribution is -2.29. The largest absolute Gasteiger partial charge is 0.505 e. The van der Waals surface area contributed by atoms with Crippen molar-refractivity contribution in [1.29, 1.82) is 0 Å². The summed E-state index contributed by atoms with van der Waals surface area (Å²) >= 11 is 2.74. The second-order valence-corrected chi connectivity index (χ2v) is 12.4. The van der Waals surface area contributed by atoms with Crippen LogP contribution in [0.25, 0.3) is 11.4 Å². The highest BCUT2D eigenvalue weighted by atomic mass is 32.2. The number of aliphatic hydroxyl groups is 1. The second kappa shape index (κ2) is 12.0. The summed E-state index contributed by atoms with van der Waals surface area (Å²) in [6, 6.07) is 20.0. The first kappa shape index (κ1) is 28.6. The van der Waals surface area contributed by atoms with Gasteiger partial charge >= 0.3 is 5.91 Å². The van der Waals surface area contributed by atoms with E-state index in [0.29, 0.717) is 45.0 Å². The molecule has 5 aromatic rings. The van der Waals surface area contributed by atoms with Gasteiger partial charge in [0.2, 0.25) is 5.13 Å². The second-order valence-electron chi connectivity index (χ2n) is 10.2. The highest BCUT2D eigenvalue weighted by Crippen LogP contribution is 2.45. The number of fused-ring (bicyclic) bond motifs is 1. The van der Waals surface area contributed by atoms with Crippen molar-refractivity contribution >= 4 is 51.3 Å². The number of aliphatic hydroxyl groups excluding tert-OH is 1. The molecule has 9 nitrogen and oxygen atoms in total. The number of thioether (sulfide) groups is 1. The number of Topliss-reactive ketones (excluding diaryl/α,β-unsaturated/α-hetero) is 1. The summed E-state index contributed by atoms with van der Waals surface area (Å²) in [5.41, 5.74) is 4.37. The predicted octanol–water partition coefficient (Wildman–Crippen LogP) is 6.51. The van der Waals surface area contributed by atoms with E-state index in [4.69, 9.17) is 4.74 Å². The molecule has 0 bridgehead atoms. The summed E-state index contributed by atoms with van der Waals surface area (Å²) in [5.74, 6) is -0.620. The topological polar surface area (TPSA) is 110 Å². The molecular formula is C32H29N5O4S2. The number of imidazole rings is 1. The molecule has 3 aromatic heterocycles. The van der Waals surface area contributed by atoms with Gasteiger partial charge in [-0.15, -0.1) is 10.2 Å². The third-order valence-electron chi connectivity index (χ3n) is 7.10. The van der Waals surface area contributed by atoms with Crippen LogP contribution in [0.1, 0.15) is 47.5 Å². The number of ether oxygens (including phenoxy) is 1. The third-order valence-corrected chi connectivity index (χ3v) is 9.23. The lowest BCUT2D eigenvalue weighted by molar-refractivity contribution is -0.132. The quantitative estimate of drug-likeness (QED) is 0.0661. The number of hydrogen-bond donors (Lipinski definition) is 1. The average Bonchev–Trinajstić information content (AvgIpc) is 3.69. The van der Waals surface area contributed by atoms with Crippen molar-refractivity contribution in [3.8, 4) is 5.75 Å². The summed E-state index contributed by atoms with van der Waals surface area (Å²) in [6.07, 6.45) is 2.58. The molecule has 1 amide bonds. The number of aryl methyl sites for hydroxylation is 2. The van der Waals surface area contributed by atoms with Gasteiger partial charge in [0.25, 0.3) is 5.78 Å². The molecule has 1 saturated heterocycles. The summed E-state index contributed by atoms with van der Waals surface area (Å²) in [6.45, 7) is 6.33. The fraction of sp³-hybridized carbons (Fsp3) is 0.219. The Balaban J connectivity index is 1.44. The van der Waals surface area contributed by atoms with Crippen LogP contribution < -0.4 is 9.64 Å². The molecule has 11 heteroatoms. The highest BCUT2D eigenvalue weighted by Gasteiger charge is 2.49. The van der Waals surface area contributed by atoms with E-state index in [1.165, 1.54) is 33.6 Å². The Morgan fingerprint density at radius 3 is 2.65 bits per heavy atom. The normalized spacial score (nSPS) is 16.3. The van der Waals surface area contributed by atoms with Crippen molar-refractivity contribution in [2.45, 2.75) is 43.3 Å². The van der Waals surface area contributed by atoms with Crippen LogP contribution in [0, 0.1) is 13.8 Å². The maximum absolute atomic E-state index is 13.7. The maximum atomic E-state index is 13.7. The maximum Gasteiger partial charge on any atom is 0.301 e. The Kier molecular flexibility index (Phi) is 8.00. The van der Waals surface area contributed by atoms with Crippen molar-refractivity contribution in [2.24, 2.45) is 0 Å². The number of benzene rings is 2. The molecule has 1 unspecified atom stereocenters. The van der Waals surface area contributed by atoms with Crippen LogP contribution in [-0.2, 0) is 15.3 Å². The number of carbonyl (C=O) groups excluding carboxylic acids is 2. The number of aromatic nitrogens is 4. The summed E-state index contributed by atoms with van der Waals surface area (Å²) in [5, 5.41) is 20.7. The number of pyridine rings is 1. The van der Waals surface area contributed by atoms with Crippen molar-refractivity contribution in [2.75, 3.05) is 11.5 Å². The van der Waals surface area contributed by atoms with Gasteiger partial charge in [-0.25, -0.2) is 4.98 Å². The number of amides is 1. The fourth-order valence-corrected chi connectivity index (χ4v) is 6.88. The first-order chi connectivity index (χ1) is 20.9. The molecule has 43 heavy (non-hydrogen) atoms. The zero-order chi connectivity index (χ0) is 30.1. The van der Waals surface area contributed by atoms with Gasteiger partial charge in [0, 0.05) is 11.9 Å². The van der Waals surface area contributed by atoms with Crippen LogP contribution in [0.5, 0.6) is 5.75 Å². The van der Waals surface area contributed by atoms with E-state index in [9.17, 15) is 14.7 Å². The molecule has 0 aliphatic carbocycles. The summed E-state index contributed by atoms with van der Waals surface area (Å²) in [4.78, 5) is 33.3. The number of rotatable bonds is 9. The number of ketones is 1. The number of anilines is 1. The monoisotopic (exact) mass is 611 g/mol. The summed E-state index contributed by atoms with van der Waals surface area (Å²) < 4.78 is 8.24. The minimum atomic E-state index is -0.957. The molecule has 0 radical (unpaired) electrons. The first-order valence-corrected chi connectivity index (χ1v) is 15.7. The number of nitrogens with zero attached hydrogens (tertiary/aromatic N) is 5. The number of carbonyl (C=O) groups is 2. The van der Waals surface area contributed by atoms with Gasteiger partial charge in [0.15, 0.2) is 10.1 Å². The lowest BCUT2D eigenvalue weighted by atomic mass is 9.96. The average molecular weight is 612 g/mol. The van der Waals surface area contributed by atoms with Gasteiger partial charge in [0.05, 0.1) is 23.9 Å².